The Labute approximate surface area is 151 Å². The van der Waals surface area contributed by atoms with Gasteiger partial charge < -0.3 is 10.4 Å². The number of aromatic nitrogens is 2. The highest BCUT2D eigenvalue weighted by Gasteiger charge is 2.11. The van der Waals surface area contributed by atoms with Crippen molar-refractivity contribution in [1.29, 1.82) is 0 Å². The average Bonchev–Trinajstić information content (AvgIpc) is 2.67. The number of rotatable bonds is 6. The molecule has 3 aromatic rings. The van der Waals surface area contributed by atoms with Gasteiger partial charge in [0.15, 0.2) is 37.9 Å². The van der Waals surface area contributed by atoms with E-state index in [4.69, 9.17) is 10.4 Å². The van der Waals surface area contributed by atoms with E-state index in [-0.39, 0.29) is 0 Å². The van der Waals surface area contributed by atoms with Gasteiger partial charge in [0.05, 0.1) is 12.4 Å². The smallest absolute Gasteiger partial charge is 0.174 e. The average molecular weight is 348 g/mol. The van der Waals surface area contributed by atoms with Crippen LogP contribution in [-0.4, -0.2) is 22.8 Å². The predicted octanol–water partition coefficient (Wildman–Crippen LogP) is 1.97. The highest BCUT2D eigenvalue weighted by Crippen LogP contribution is 2.08. The number of nitrogens with zero attached hydrogens (tertiary/aromatic N) is 4. The van der Waals surface area contributed by atoms with Gasteiger partial charge in [-0.3, -0.25) is 0 Å². The Morgan fingerprint density at radius 1 is 0.654 bits per heavy atom. The summed E-state index contributed by atoms with van der Waals surface area (Å²) in [6.45, 7) is 1.51. The molecule has 0 bridgehead atoms. The summed E-state index contributed by atoms with van der Waals surface area (Å²) in [5.41, 5.74) is 4.15. The molecule has 26 heavy (non-hydrogen) atoms. The number of benzene rings is 1. The van der Waals surface area contributed by atoms with Crippen molar-refractivity contribution in [2.24, 2.45) is 10.3 Å². The van der Waals surface area contributed by atoms with Crippen molar-refractivity contribution in [3.63, 3.8) is 0 Å². The Morgan fingerprint density at radius 2 is 1.04 bits per heavy atom. The monoisotopic (exact) mass is 348 g/mol. The maximum Gasteiger partial charge on any atom is 0.174 e. The van der Waals surface area contributed by atoms with Crippen molar-refractivity contribution in [2.75, 3.05) is 0 Å². The molecule has 0 amide bonds. The molecule has 6 nitrogen and oxygen atoms in total. The van der Waals surface area contributed by atoms with E-state index in [1.165, 1.54) is 23.6 Å². The van der Waals surface area contributed by atoms with Gasteiger partial charge in [0.25, 0.3) is 0 Å². The van der Waals surface area contributed by atoms with Crippen LogP contribution in [0.2, 0.25) is 0 Å². The van der Waals surface area contributed by atoms with Gasteiger partial charge in [-0.1, -0.05) is 34.6 Å². The van der Waals surface area contributed by atoms with Crippen molar-refractivity contribution in [3.05, 3.63) is 95.6 Å². The van der Waals surface area contributed by atoms with E-state index >= 15 is 0 Å². The van der Waals surface area contributed by atoms with Crippen LogP contribution in [0, 0.1) is 0 Å². The normalized spacial score (nSPS) is 11.4. The van der Waals surface area contributed by atoms with Crippen LogP contribution in [-0.2, 0) is 13.1 Å². The Balaban J connectivity index is 1.77. The van der Waals surface area contributed by atoms with Crippen LogP contribution in [0.3, 0.4) is 0 Å². The van der Waals surface area contributed by atoms with Crippen LogP contribution >= 0.6 is 0 Å². The first-order chi connectivity index (χ1) is 12.8. The Bertz CT molecular complexity index is 827. The van der Waals surface area contributed by atoms with Gasteiger partial charge in [0, 0.05) is 46.5 Å². The van der Waals surface area contributed by atoms with Gasteiger partial charge >= 0.3 is 0 Å². The van der Waals surface area contributed by atoms with Crippen LogP contribution in [0.4, 0.5) is 0 Å². The first-order valence-electron chi connectivity index (χ1n) is 8.18. The van der Waals surface area contributed by atoms with E-state index in [1.807, 2.05) is 61.2 Å². The predicted molar refractivity (Wildman–Crippen MR) is 96.7 cm³/mol. The first-order valence-corrected chi connectivity index (χ1v) is 8.18. The number of oxime groups is 2. The molecule has 2 N–H and O–H groups in total. The molecule has 0 atom stereocenters. The number of hydrogen-bond donors (Lipinski definition) is 2. The summed E-state index contributed by atoms with van der Waals surface area (Å²) in [6.07, 6.45) is 10.7. The second kappa shape index (κ2) is 8.53. The van der Waals surface area contributed by atoms with E-state index < -0.39 is 0 Å². The summed E-state index contributed by atoms with van der Waals surface area (Å²) in [5.74, 6) is 0. The highest BCUT2D eigenvalue weighted by atomic mass is 16.4. The molecule has 0 saturated heterocycles. The summed E-state index contributed by atoms with van der Waals surface area (Å²) in [7, 11) is 0. The fourth-order valence-electron chi connectivity index (χ4n) is 2.71. The molecule has 0 aliphatic carbocycles. The molecule has 3 rings (SSSR count). The van der Waals surface area contributed by atoms with Crippen LogP contribution in [0.15, 0.2) is 83.6 Å². The molecule has 1 aromatic carbocycles. The molecule has 0 radical (unpaired) electrons. The lowest BCUT2D eigenvalue weighted by molar-refractivity contribution is -0.693. The fourth-order valence-corrected chi connectivity index (χ4v) is 2.71. The van der Waals surface area contributed by atoms with Gasteiger partial charge in [0.1, 0.15) is 0 Å². The number of pyridine rings is 2. The van der Waals surface area contributed by atoms with Gasteiger partial charge in [-0.05, 0) is 0 Å². The maximum absolute atomic E-state index is 8.59. The van der Waals surface area contributed by atoms with Crippen LogP contribution in [0.25, 0.3) is 0 Å². The molecule has 130 valence electrons. The summed E-state index contributed by atoms with van der Waals surface area (Å²) in [5, 5.41) is 23.3. The zero-order valence-electron chi connectivity index (χ0n) is 14.2. The molecule has 0 aliphatic heterocycles. The topological polar surface area (TPSA) is 72.9 Å². The third kappa shape index (κ3) is 4.51. The zero-order chi connectivity index (χ0) is 18.2. The summed E-state index contributed by atoms with van der Waals surface area (Å²) < 4.78 is 4.16. The zero-order valence-corrected chi connectivity index (χ0v) is 14.2. The van der Waals surface area contributed by atoms with Crippen molar-refractivity contribution in [1.82, 2.24) is 0 Å². The summed E-state index contributed by atoms with van der Waals surface area (Å²) >= 11 is 0. The van der Waals surface area contributed by atoms with E-state index in [0.717, 1.165) is 24.2 Å². The van der Waals surface area contributed by atoms with Gasteiger partial charge in [-0.2, -0.15) is 0 Å². The van der Waals surface area contributed by atoms with Crippen molar-refractivity contribution in [2.45, 2.75) is 13.1 Å². The Kier molecular flexibility index (Phi) is 5.67. The second-order valence-corrected chi connectivity index (χ2v) is 5.87. The first kappa shape index (κ1) is 17.3. The largest absolute Gasteiger partial charge is 0.411 e. The lowest BCUT2D eigenvalue weighted by atomic mass is 10.1. The van der Waals surface area contributed by atoms with E-state index in [9.17, 15) is 0 Å². The molecular formula is C20H20N4O2+2. The minimum Gasteiger partial charge on any atom is -0.411 e. The molecule has 2 heterocycles. The molecule has 2 aromatic heterocycles. The minimum atomic E-state index is 0.753. The van der Waals surface area contributed by atoms with E-state index in [0.29, 0.717) is 0 Å². The fraction of sp³-hybridized carbons (Fsp3) is 0.100. The van der Waals surface area contributed by atoms with Gasteiger partial charge in [0.2, 0.25) is 0 Å². The van der Waals surface area contributed by atoms with E-state index in [2.05, 4.69) is 31.6 Å². The van der Waals surface area contributed by atoms with Crippen molar-refractivity contribution in [3.8, 4) is 0 Å². The lowest BCUT2D eigenvalue weighted by Crippen LogP contribution is -2.36. The summed E-state index contributed by atoms with van der Waals surface area (Å²) in [6, 6.07) is 15.9. The molecule has 0 saturated carbocycles. The Morgan fingerprint density at radius 3 is 1.38 bits per heavy atom. The number of hydrogen-bond acceptors (Lipinski definition) is 4. The third-order valence-electron chi connectivity index (χ3n) is 4.07. The van der Waals surface area contributed by atoms with Crippen molar-refractivity contribution >= 4 is 12.4 Å². The maximum atomic E-state index is 8.59. The standard InChI is InChI=1S/C20H18N4O2/c25-21-13-17-5-9-23(10-6-17)15-19-3-1-2-4-20(19)16-24-11-7-18(8-12-24)14-22-26/h1-14H,15-16H2/p+2. The minimum absolute atomic E-state index is 0.753. The highest BCUT2D eigenvalue weighted by molar-refractivity contribution is 5.78. The summed E-state index contributed by atoms with van der Waals surface area (Å²) in [4.78, 5) is 0. The van der Waals surface area contributed by atoms with Crippen LogP contribution < -0.4 is 9.13 Å². The van der Waals surface area contributed by atoms with Crippen LogP contribution in [0.1, 0.15) is 22.3 Å². The second-order valence-electron chi connectivity index (χ2n) is 5.87. The van der Waals surface area contributed by atoms with Crippen LogP contribution in [0.5, 0.6) is 0 Å². The van der Waals surface area contributed by atoms with Crippen molar-refractivity contribution < 1.29 is 19.5 Å². The van der Waals surface area contributed by atoms with Gasteiger partial charge in [-0.25, -0.2) is 9.13 Å². The van der Waals surface area contributed by atoms with E-state index in [1.54, 1.807) is 0 Å². The molecule has 0 fully saturated rings. The molecule has 0 spiro atoms. The Hall–Kier alpha value is -3.54. The SMILES string of the molecule is O/N=C\c1cc[n+](Cc2ccccc2C[n+]2ccc(/C=N\O)cc2)cc1. The molecule has 0 unspecified atom stereocenters. The lowest BCUT2D eigenvalue weighted by Gasteiger charge is -2.05. The van der Waals surface area contributed by atoms with Gasteiger partial charge in [-0.15, -0.1) is 0 Å². The molecule has 0 aliphatic rings. The molecular weight excluding hydrogens is 328 g/mol. The third-order valence-corrected chi connectivity index (χ3v) is 4.07. The molecule has 6 heteroatoms. The quantitative estimate of drug-likeness (QED) is 0.309.